The summed E-state index contributed by atoms with van der Waals surface area (Å²) in [5.74, 6) is 3.50. The Labute approximate surface area is 163 Å². The zero-order valence-electron chi connectivity index (χ0n) is 13.9. The molecule has 0 spiro atoms. The Bertz CT molecular complexity index is 818. The van der Waals surface area contributed by atoms with Crippen molar-refractivity contribution in [2.45, 2.75) is 0 Å². The van der Waals surface area contributed by atoms with Crippen LogP contribution in [0.2, 0.25) is 0 Å². The summed E-state index contributed by atoms with van der Waals surface area (Å²) in [7, 11) is 1.68. The van der Waals surface area contributed by atoms with Crippen LogP contribution in [0.5, 0.6) is 5.75 Å². The van der Waals surface area contributed by atoms with Gasteiger partial charge in [-0.05, 0) is 12.1 Å². The second-order valence-electron chi connectivity index (χ2n) is 5.09. The van der Waals surface area contributed by atoms with E-state index in [1.165, 1.54) is 0 Å². The van der Waals surface area contributed by atoms with Crippen LogP contribution in [-0.4, -0.2) is 41.5 Å². The number of nitrogens with zero attached hydrogens (tertiary/aromatic N) is 1. The molecule has 0 aliphatic carbocycles. The monoisotopic (exact) mass is 400 g/mol. The minimum atomic E-state index is 0. The summed E-state index contributed by atoms with van der Waals surface area (Å²) in [6.07, 6.45) is 0. The molecule has 3 N–H and O–H groups in total. The first kappa shape index (κ1) is 21.6. The van der Waals surface area contributed by atoms with Gasteiger partial charge in [0, 0.05) is 34.7 Å². The molecule has 2 aromatic carbocycles. The topological polar surface area (TPSA) is 65.7 Å². The predicted molar refractivity (Wildman–Crippen MR) is 113 cm³/mol. The summed E-state index contributed by atoms with van der Waals surface area (Å²) >= 11 is 7.58. The van der Waals surface area contributed by atoms with E-state index in [-0.39, 0.29) is 17.9 Å². The van der Waals surface area contributed by atoms with Crippen molar-refractivity contribution in [1.29, 1.82) is 0 Å². The molecule has 0 bridgehead atoms. The number of thioether (sulfide) groups is 1. The number of hydrogen-bond donors (Lipinski definition) is 1. The van der Waals surface area contributed by atoms with Crippen molar-refractivity contribution in [3.63, 3.8) is 0 Å². The first-order chi connectivity index (χ1) is 11.3. The van der Waals surface area contributed by atoms with Gasteiger partial charge in [0.25, 0.3) is 0 Å². The average molecular weight is 401 g/mol. The van der Waals surface area contributed by atoms with E-state index < -0.39 is 0 Å². The molecule has 0 aliphatic heterocycles. The van der Waals surface area contributed by atoms with Crippen LogP contribution in [0.4, 0.5) is 5.69 Å². The summed E-state index contributed by atoms with van der Waals surface area (Å²) in [5, 5.41) is 5.80. The van der Waals surface area contributed by atoms with Crippen molar-refractivity contribution in [1.82, 2.24) is 4.98 Å². The van der Waals surface area contributed by atoms with Crippen molar-refractivity contribution < 1.29 is 10.2 Å². The number of halogens is 2. The van der Waals surface area contributed by atoms with Gasteiger partial charge in [0.15, 0.2) is 0 Å². The number of para-hydroxylation sites is 2. The number of alkyl halides is 1. The quantitative estimate of drug-likeness (QED) is 0.363. The summed E-state index contributed by atoms with van der Waals surface area (Å²) < 4.78 is 5.48. The lowest BCUT2D eigenvalue weighted by molar-refractivity contribution is 0.419. The second kappa shape index (κ2) is 10.6. The number of aromatic nitrogens is 1. The third kappa shape index (κ3) is 4.82. The Kier molecular flexibility index (Phi) is 9.14. The molecule has 0 atom stereocenters. The first-order valence-electron chi connectivity index (χ1n) is 7.58. The standard InChI is InChI=1S/C18H19ClN2OS.ClH.H2O/c1-22-16-8-4-6-14-17(20-10-12-23-11-9-19)13-5-2-3-7-15(13)21-18(14)16;;/h2-8H,9-12H2,1H3,(H,20,21);1H;1H2. The highest BCUT2D eigenvalue weighted by molar-refractivity contribution is 7.99. The zero-order chi connectivity index (χ0) is 16.1. The van der Waals surface area contributed by atoms with E-state index in [9.17, 15) is 0 Å². The molecule has 3 aromatic rings. The van der Waals surface area contributed by atoms with Gasteiger partial charge < -0.3 is 15.5 Å². The van der Waals surface area contributed by atoms with Gasteiger partial charge in [-0.2, -0.15) is 11.8 Å². The summed E-state index contributed by atoms with van der Waals surface area (Å²) in [4.78, 5) is 4.78. The molecule has 0 amide bonds. The number of ether oxygens (including phenoxy) is 1. The van der Waals surface area contributed by atoms with Crippen molar-refractivity contribution >= 4 is 63.3 Å². The largest absolute Gasteiger partial charge is 0.494 e. The van der Waals surface area contributed by atoms with Crippen LogP contribution >= 0.6 is 35.8 Å². The maximum absolute atomic E-state index is 5.72. The van der Waals surface area contributed by atoms with Crippen LogP contribution in [0.3, 0.4) is 0 Å². The van der Waals surface area contributed by atoms with Crippen molar-refractivity contribution in [3.8, 4) is 5.75 Å². The second-order valence-corrected chi connectivity index (χ2v) is 6.69. The van der Waals surface area contributed by atoms with Gasteiger partial charge in [-0.15, -0.1) is 24.0 Å². The van der Waals surface area contributed by atoms with Gasteiger partial charge in [-0.25, -0.2) is 4.98 Å². The molecule has 1 aromatic heterocycles. The Balaban J connectivity index is 0.00000156. The highest BCUT2D eigenvalue weighted by Crippen LogP contribution is 2.34. The van der Waals surface area contributed by atoms with E-state index in [0.29, 0.717) is 5.88 Å². The SMILES string of the molecule is COc1cccc2c(NCCSCCCl)c3ccccc3nc12.Cl.O. The lowest BCUT2D eigenvalue weighted by Gasteiger charge is -2.14. The average Bonchev–Trinajstić information content (AvgIpc) is 2.60. The zero-order valence-corrected chi connectivity index (χ0v) is 16.3. The van der Waals surface area contributed by atoms with Crippen LogP contribution in [-0.2, 0) is 0 Å². The molecule has 0 fully saturated rings. The Morgan fingerprint density at radius 1 is 1.08 bits per heavy atom. The first-order valence-corrected chi connectivity index (χ1v) is 9.27. The van der Waals surface area contributed by atoms with Gasteiger partial charge in [0.1, 0.15) is 11.3 Å². The Morgan fingerprint density at radius 3 is 2.60 bits per heavy atom. The Morgan fingerprint density at radius 2 is 1.84 bits per heavy atom. The van der Waals surface area contributed by atoms with E-state index in [1.807, 2.05) is 42.1 Å². The smallest absolute Gasteiger partial charge is 0.145 e. The van der Waals surface area contributed by atoms with E-state index >= 15 is 0 Å². The number of pyridine rings is 1. The molecule has 4 nitrogen and oxygen atoms in total. The number of fused-ring (bicyclic) bond motifs is 2. The van der Waals surface area contributed by atoms with E-state index in [4.69, 9.17) is 21.3 Å². The lowest BCUT2D eigenvalue weighted by atomic mass is 10.1. The highest BCUT2D eigenvalue weighted by atomic mass is 35.5. The number of benzene rings is 2. The molecule has 136 valence electrons. The maximum atomic E-state index is 5.72. The number of nitrogens with one attached hydrogen (secondary N) is 1. The van der Waals surface area contributed by atoms with Gasteiger partial charge in [-0.3, -0.25) is 0 Å². The normalized spacial score (nSPS) is 10.2. The van der Waals surface area contributed by atoms with Gasteiger partial charge >= 0.3 is 0 Å². The maximum Gasteiger partial charge on any atom is 0.145 e. The van der Waals surface area contributed by atoms with Gasteiger partial charge in [0.2, 0.25) is 0 Å². The Hall–Kier alpha value is -1.40. The number of methoxy groups -OCH3 is 1. The fraction of sp³-hybridized carbons (Fsp3) is 0.278. The molecule has 0 saturated carbocycles. The summed E-state index contributed by atoms with van der Waals surface area (Å²) in [6, 6.07) is 14.2. The van der Waals surface area contributed by atoms with Crippen LogP contribution in [0, 0.1) is 0 Å². The van der Waals surface area contributed by atoms with E-state index in [1.54, 1.807) is 7.11 Å². The molecule has 0 unspecified atom stereocenters. The van der Waals surface area contributed by atoms with Gasteiger partial charge in [-0.1, -0.05) is 30.3 Å². The van der Waals surface area contributed by atoms with Crippen molar-refractivity contribution in [2.75, 3.05) is 36.4 Å². The minimum absolute atomic E-state index is 0. The van der Waals surface area contributed by atoms with Crippen LogP contribution in [0.15, 0.2) is 42.5 Å². The fourth-order valence-electron chi connectivity index (χ4n) is 2.65. The van der Waals surface area contributed by atoms with Crippen LogP contribution in [0.1, 0.15) is 0 Å². The van der Waals surface area contributed by atoms with Crippen LogP contribution in [0.25, 0.3) is 21.8 Å². The lowest BCUT2D eigenvalue weighted by Crippen LogP contribution is -2.06. The van der Waals surface area contributed by atoms with E-state index in [2.05, 4.69) is 17.4 Å². The van der Waals surface area contributed by atoms with Gasteiger partial charge in [0.05, 0.1) is 18.3 Å². The van der Waals surface area contributed by atoms with Crippen molar-refractivity contribution in [3.05, 3.63) is 42.5 Å². The third-order valence-corrected chi connectivity index (χ3v) is 5.06. The van der Waals surface area contributed by atoms with Crippen molar-refractivity contribution in [2.24, 2.45) is 0 Å². The fourth-order valence-corrected chi connectivity index (χ4v) is 3.53. The molecule has 7 heteroatoms. The molecular formula is C18H22Cl2N2O2S. The predicted octanol–water partition coefficient (Wildman–Crippen LogP) is 4.38. The number of hydrogen-bond acceptors (Lipinski definition) is 4. The number of rotatable bonds is 7. The minimum Gasteiger partial charge on any atom is -0.494 e. The summed E-state index contributed by atoms with van der Waals surface area (Å²) in [6.45, 7) is 0.891. The highest BCUT2D eigenvalue weighted by Gasteiger charge is 2.11. The third-order valence-electron chi connectivity index (χ3n) is 3.66. The van der Waals surface area contributed by atoms with Crippen LogP contribution < -0.4 is 10.1 Å². The molecular weight excluding hydrogens is 379 g/mol. The molecule has 0 aliphatic rings. The molecule has 0 radical (unpaired) electrons. The number of anilines is 1. The molecule has 0 saturated heterocycles. The molecule has 3 rings (SSSR count). The summed E-state index contributed by atoms with van der Waals surface area (Å²) in [5.41, 5.74) is 2.99. The van der Waals surface area contributed by atoms with E-state index in [0.717, 1.165) is 51.3 Å². The molecule has 25 heavy (non-hydrogen) atoms. The molecule has 1 heterocycles.